The van der Waals surface area contributed by atoms with Gasteiger partial charge in [-0.05, 0) is 30.4 Å². The van der Waals surface area contributed by atoms with Crippen molar-refractivity contribution >= 4 is 44.9 Å². The predicted molar refractivity (Wildman–Crippen MR) is 82.8 cm³/mol. The maximum absolute atomic E-state index is 12.3. The number of fused-ring (bicyclic) bond motifs is 1. The molecule has 1 aliphatic heterocycles. The van der Waals surface area contributed by atoms with E-state index in [0.717, 1.165) is 18.2 Å². The lowest BCUT2D eigenvalue weighted by Gasteiger charge is -2.32. The number of carbonyl (C=O) groups excluding carboxylic acids is 2. The van der Waals surface area contributed by atoms with Crippen molar-refractivity contribution in [3.63, 3.8) is 0 Å². The van der Waals surface area contributed by atoms with Gasteiger partial charge in [-0.25, -0.2) is 0 Å². The molecule has 1 fully saturated rings. The molecule has 1 aromatic rings. The van der Waals surface area contributed by atoms with Gasteiger partial charge in [0.05, 0.1) is 16.3 Å². The lowest BCUT2D eigenvalue weighted by Crippen LogP contribution is -2.40. The molecule has 3 nitrogen and oxygen atoms in total. The molecule has 5 heteroatoms. The van der Waals surface area contributed by atoms with Gasteiger partial charge in [0, 0.05) is 11.9 Å². The highest BCUT2D eigenvalue weighted by Crippen LogP contribution is 2.44. The van der Waals surface area contributed by atoms with Crippen LogP contribution in [0, 0.1) is 5.41 Å². The Hall–Kier alpha value is -0.870. The van der Waals surface area contributed by atoms with E-state index in [1.54, 1.807) is 23.1 Å². The van der Waals surface area contributed by atoms with Gasteiger partial charge in [-0.15, -0.1) is 0 Å². The lowest BCUT2D eigenvalue weighted by molar-refractivity contribution is -0.114. The summed E-state index contributed by atoms with van der Waals surface area (Å²) in [6, 6.07) is 5.12. The number of ketones is 1. The first-order valence-corrected chi connectivity index (χ1v) is 8.29. The standard InChI is InChI=1S/C15H15BrClNO2/c16-8-15(6-1-2-7-15)9-18-12-10(13(19)14(18)20)4-3-5-11(12)17/h3-5H,1-2,6-9H2. The molecule has 1 amide bonds. The maximum Gasteiger partial charge on any atom is 0.299 e. The van der Waals surface area contributed by atoms with Gasteiger partial charge in [0.2, 0.25) is 0 Å². The van der Waals surface area contributed by atoms with Crippen molar-refractivity contribution < 1.29 is 9.59 Å². The summed E-state index contributed by atoms with van der Waals surface area (Å²) in [4.78, 5) is 25.9. The first-order valence-electron chi connectivity index (χ1n) is 6.79. The summed E-state index contributed by atoms with van der Waals surface area (Å²) < 4.78 is 0. The van der Waals surface area contributed by atoms with Crippen molar-refractivity contribution in [2.45, 2.75) is 25.7 Å². The zero-order valence-corrected chi connectivity index (χ0v) is 13.3. The average molecular weight is 357 g/mol. The van der Waals surface area contributed by atoms with Crippen molar-refractivity contribution in [1.82, 2.24) is 0 Å². The minimum Gasteiger partial charge on any atom is -0.303 e. The fraction of sp³-hybridized carbons (Fsp3) is 0.467. The van der Waals surface area contributed by atoms with Crippen molar-refractivity contribution in [3.8, 4) is 0 Å². The Morgan fingerprint density at radius 2 is 1.95 bits per heavy atom. The quantitative estimate of drug-likeness (QED) is 0.610. The van der Waals surface area contributed by atoms with E-state index in [1.807, 2.05) is 0 Å². The van der Waals surface area contributed by atoms with E-state index in [9.17, 15) is 9.59 Å². The molecule has 0 N–H and O–H groups in total. The second-order valence-corrected chi connectivity index (χ2v) is 6.67. The first-order chi connectivity index (χ1) is 9.58. The molecule has 0 bridgehead atoms. The summed E-state index contributed by atoms with van der Waals surface area (Å²) in [5.74, 6) is -0.884. The number of benzene rings is 1. The third kappa shape index (κ3) is 2.09. The van der Waals surface area contributed by atoms with Crippen LogP contribution in [0.4, 0.5) is 5.69 Å². The molecule has 2 aliphatic rings. The van der Waals surface area contributed by atoms with Gasteiger partial charge < -0.3 is 4.90 Å². The van der Waals surface area contributed by atoms with Crippen LogP contribution in [0.1, 0.15) is 36.0 Å². The molecule has 0 atom stereocenters. The number of carbonyl (C=O) groups is 2. The first kappa shape index (κ1) is 14.1. The molecule has 0 unspecified atom stereocenters. The molecule has 1 aliphatic carbocycles. The molecule has 0 spiro atoms. The van der Waals surface area contributed by atoms with E-state index in [4.69, 9.17) is 11.6 Å². The van der Waals surface area contributed by atoms with Gasteiger partial charge in [-0.1, -0.05) is 46.4 Å². The third-order valence-electron chi connectivity index (χ3n) is 4.38. The normalized spacial score (nSPS) is 20.6. The van der Waals surface area contributed by atoms with Crippen LogP contribution in [0.5, 0.6) is 0 Å². The summed E-state index contributed by atoms with van der Waals surface area (Å²) in [5.41, 5.74) is 1.10. The molecule has 3 rings (SSSR count). The smallest absolute Gasteiger partial charge is 0.299 e. The van der Waals surface area contributed by atoms with Gasteiger partial charge in [0.1, 0.15) is 0 Å². The minimum absolute atomic E-state index is 0.0662. The predicted octanol–water partition coefficient (Wildman–Crippen LogP) is 3.82. The Morgan fingerprint density at radius 3 is 2.60 bits per heavy atom. The van der Waals surface area contributed by atoms with Gasteiger partial charge in [-0.2, -0.15) is 0 Å². The van der Waals surface area contributed by atoms with E-state index < -0.39 is 11.7 Å². The number of rotatable bonds is 3. The topological polar surface area (TPSA) is 37.4 Å². The summed E-state index contributed by atoms with van der Waals surface area (Å²) in [6.07, 6.45) is 4.51. The zero-order valence-electron chi connectivity index (χ0n) is 11.0. The fourth-order valence-electron chi connectivity index (χ4n) is 3.26. The van der Waals surface area contributed by atoms with Gasteiger partial charge in [0.15, 0.2) is 0 Å². The average Bonchev–Trinajstić information content (AvgIpc) is 3.00. The molecular formula is C15H15BrClNO2. The number of Topliss-reactive ketones (excluding diaryl/α,β-unsaturated/α-hetero) is 1. The molecule has 0 radical (unpaired) electrons. The third-order valence-corrected chi connectivity index (χ3v) is 5.88. The van der Waals surface area contributed by atoms with E-state index in [2.05, 4.69) is 15.9 Å². The Morgan fingerprint density at radius 1 is 1.25 bits per heavy atom. The monoisotopic (exact) mass is 355 g/mol. The summed E-state index contributed by atoms with van der Waals surface area (Å²) >= 11 is 9.79. The molecule has 1 heterocycles. The lowest BCUT2D eigenvalue weighted by atomic mass is 9.88. The summed E-state index contributed by atoms with van der Waals surface area (Å²) in [5, 5.41) is 1.32. The van der Waals surface area contributed by atoms with E-state index in [0.29, 0.717) is 22.8 Å². The second-order valence-electron chi connectivity index (χ2n) is 5.70. The molecule has 20 heavy (non-hydrogen) atoms. The van der Waals surface area contributed by atoms with Crippen molar-refractivity contribution in [2.24, 2.45) is 5.41 Å². The van der Waals surface area contributed by atoms with E-state index in [-0.39, 0.29) is 5.41 Å². The molecule has 0 aromatic heterocycles. The molecular weight excluding hydrogens is 342 g/mol. The fourth-order valence-corrected chi connectivity index (χ4v) is 4.27. The summed E-state index contributed by atoms with van der Waals surface area (Å²) in [7, 11) is 0. The van der Waals surface area contributed by atoms with Crippen molar-refractivity contribution in [2.75, 3.05) is 16.8 Å². The van der Waals surface area contributed by atoms with E-state index >= 15 is 0 Å². The van der Waals surface area contributed by atoms with Crippen LogP contribution >= 0.6 is 27.5 Å². The number of para-hydroxylation sites is 1. The van der Waals surface area contributed by atoms with Crippen LogP contribution in [0.25, 0.3) is 0 Å². The van der Waals surface area contributed by atoms with E-state index in [1.165, 1.54) is 12.8 Å². The maximum atomic E-state index is 12.3. The zero-order chi connectivity index (χ0) is 14.3. The Bertz CT molecular complexity index is 581. The number of hydrogen-bond donors (Lipinski definition) is 0. The highest BCUT2D eigenvalue weighted by atomic mass is 79.9. The molecule has 0 saturated heterocycles. The van der Waals surface area contributed by atoms with Gasteiger partial charge >= 0.3 is 0 Å². The van der Waals surface area contributed by atoms with Crippen LogP contribution in [0.3, 0.4) is 0 Å². The number of anilines is 1. The Kier molecular flexibility index (Phi) is 3.63. The van der Waals surface area contributed by atoms with Crippen LogP contribution in [-0.2, 0) is 4.79 Å². The van der Waals surface area contributed by atoms with Gasteiger partial charge in [-0.3, -0.25) is 9.59 Å². The highest BCUT2D eigenvalue weighted by Gasteiger charge is 2.43. The summed E-state index contributed by atoms with van der Waals surface area (Å²) in [6.45, 7) is 0.569. The van der Waals surface area contributed by atoms with Crippen molar-refractivity contribution in [3.05, 3.63) is 28.8 Å². The number of halogens is 2. The van der Waals surface area contributed by atoms with Gasteiger partial charge in [0.25, 0.3) is 11.7 Å². The molecule has 1 saturated carbocycles. The number of alkyl halides is 1. The Labute approximate surface area is 131 Å². The van der Waals surface area contributed by atoms with Crippen LogP contribution in [0.15, 0.2) is 18.2 Å². The van der Waals surface area contributed by atoms with Crippen LogP contribution in [-0.4, -0.2) is 23.6 Å². The Balaban J connectivity index is 1.99. The number of amides is 1. The molecule has 1 aromatic carbocycles. The SMILES string of the molecule is O=C1C(=O)N(CC2(CBr)CCCC2)c2c(Cl)cccc21. The van der Waals surface area contributed by atoms with Crippen molar-refractivity contribution in [1.29, 1.82) is 0 Å². The number of hydrogen-bond acceptors (Lipinski definition) is 2. The number of nitrogens with zero attached hydrogens (tertiary/aromatic N) is 1. The molecule has 106 valence electrons. The minimum atomic E-state index is -0.444. The highest BCUT2D eigenvalue weighted by molar-refractivity contribution is 9.09. The van der Waals surface area contributed by atoms with Crippen LogP contribution < -0.4 is 4.90 Å². The second kappa shape index (κ2) is 5.15. The largest absolute Gasteiger partial charge is 0.303 e. The van der Waals surface area contributed by atoms with Crippen LogP contribution in [0.2, 0.25) is 5.02 Å².